The lowest BCUT2D eigenvalue weighted by Gasteiger charge is -2.06. The summed E-state index contributed by atoms with van der Waals surface area (Å²) >= 11 is 1.50. The smallest absolute Gasteiger partial charge is 0.308 e. The van der Waals surface area contributed by atoms with Crippen molar-refractivity contribution in [2.45, 2.75) is 20.3 Å². The summed E-state index contributed by atoms with van der Waals surface area (Å²) in [7, 11) is 0. The van der Waals surface area contributed by atoms with Gasteiger partial charge in [0.05, 0.1) is 11.3 Å². The molecule has 0 aliphatic rings. The molecule has 0 spiro atoms. The van der Waals surface area contributed by atoms with E-state index in [0.29, 0.717) is 5.56 Å². The number of hydrogen-bond donors (Lipinski definition) is 1. The molecule has 2 aromatic rings. The van der Waals surface area contributed by atoms with Gasteiger partial charge in [0.25, 0.3) is 11.6 Å². The maximum Gasteiger partial charge on any atom is 0.308 e. The number of carbonyl (C=O) groups excluding carboxylic acids is 3. The maximum atomic E-state index is 12.0. The number of ketones is 1. The summed E-state index contributed by atoms with van der Waals surface area (Å²) in [5.74, 6) is -1.32. The number of benzene rings is 1. The van der Waals surface area contributed by atoms with Gasteiger partial charge in [-0.3, -0.25) is 24.5 Å². The number of aryl methyl sites for hydroxylation is 2. The van der Waals surface area contributed by atoms with E-state index in [1.165, 1.54) is 35.6 Å². The van der Waals surface area contributed by atoms with E-state index in [2.05, 4.69) is 5.32 Å². The first-order valence-electron chi connectivity index (χ1n) is 8.06. The van der Waals surface area contributed by atoms with Gasteiger partial charge in [-0.05, 0) is 32.0 Å². The first kappa shape index (κ1) is 20.2. The van der Waals surface area contributed by atoms with Gasteiger partial charge < -0.3 is 10.1 Å². The van der Waals surface area contributed by atoms with Crippen LogP contribution in [-0.2, 0) is 9.53 Å². The minimum atomic E-state index is -0.600. The van der Waals surface area contributed by atoms with E-state index < -0.39 is 16.8 Å². The molecule has 0 aliphatic carbocycles. The van der Waals surface area contributed by atoms with Crippen molar-refractivity contribution in [3.63, 3.8) is 0 Å². The second kappa shape index (κ2) is 9.04. The van der Waals surface area contributed by atoms with Crippen molar-refractivity contribution >= 4 is 34.7 Å². The van der Waals surface area contributed by atoms with Crippen LogP contribution in [0.3, 0.4) is 0 Å². The Bertz CT molecular complexity index is 872. The first-order valence-corrected chi connectivity index (χ1v) is 8.88. The standard InChI is InChI=1S/C18H18N2O6S/c1-11-9-15(12(2)27-11)16(21)10-26-17(22)7-8-19-18(23)13-3-5-14(6-4-13)20(24)25/h3-6,9H,7-8,10H2,1-2H3,(H,19,23). The molecule has 9 heteroatoms. The minimum absolute atomic E-state index is 0.0272. The highest BCUT2D eigenvalue weighted by Crippen LogP contribution is 2.21. The molecule has 0 aliphatic heterocycles. The van der Waals surface area contributed by atoms with Crippen molar-refractivity contribution in [2.24, 2.45) is 0 Å². The zero-order valence-electron chi connectivity index (χ0n) is 14.8. The summed E-state index contributed by atoms with van der Waals surface area (Å²) in [4.78, 5) is 47.6. The van der Waals surface area contributed by atoms with Crippen LogP contribution in [0.4, 0.5) is 5.69 Å². The Morgan fingerprint density at radius 3 is 2.41 bits per heavy atom. The molecule has 142 valence electrons. The van der Waals surface area contributed by atoms with Gasteiger partial charge in [-0.15, -0.1) is 11.3 Å². The van der Waals surface area contributed by atoms with Crippen LogP contribution in [0.25, 0.3) is 0 Å². The molecular weight excluding hydrogens is 372 g/mol. The quantitative estimate of drug-likeness (QED) is 0.321. The molecule has 0 bridgehead atoms. The lowest BCUT2D eigenvalue weighted by molar-refractivity contribution is -0.384. The average molecular weight is 390 g/mol. The fourth-order valence-corrected chi connectivity index (χ4v) is 3.26. The van der Waals surface area contributed by atoms with Gasteiger partial charge in [0.1, 0.15) is 0 Å². The Hall–Kier alpha value is -3.07. The van der Waals surface area contributed by atoms with E-state index in [-0.39, 0.29) is 36.6 Å². The second-order valence-corrected chi connectivity index (χ2v) is 7.18. The molecule has 0 fully saturated rings. The van der Waals surface area contributed by atoms with Crippen molar-refractivity contribution in [1.82, 2.24) is 5.32 Å². The molecule has 0 saturated heterocycles. The molecular formula is C18H18N2O6S. The van der Waals surface area contributed by atoms with Crippen molar-refractivity contribution in [3.05, 3.63) is 61.3 Å². The molecule has 0 saturated carbocycles. The molecule has 1 N–H and O–H groups in total. The Morgan fingerprint density at radius 2 is 1.85 bits per heavy atom. The van der Waals surface area contributed by atoms with Crippen LogP contribution in [0.15, 0.2) is 30.3 Å². The summed E-state index contributed by atoms with van der Waals surface area (Å²) in [6.07, 6.45) is -0.0896. The van der Waals surface area contributed by atoms with Gasteiger partial charge in [-0.2, -0.15) is 0 Å². The number of nitro groups is 1. The summed E-state index contributed by atoms with van der Waals surface area (Å²) in [6, 6.07) is 6.87. The summed E-state index contributed by atoms with van der Waals surface area (Å²) in [5.41, 5.74) is 0.681. The van der Waals surface area contributed by atoms with Crippen LogP contribution in [0.5, 0.6) is 0 Å². The third kappa shape index (κ3) is 5.71. The summed E-state index contributed by atoms with van der Waals surface area (Å²) in [6.45, 7) is 3.42. The number of thiophene rings is 1. The van der Waals surface area contributed by atoms with Gasteiger partial charge in [0, 0.05) is 39.6 Å². The van der Waals surface area contributed by atoms with Gasteiger partial charge in [-0.25, -0.2) is 0 Å². The number of Topliss-reactive ketones (excluding diaryl/α,β-unsaturated/α-hetero) is 1. The van der Waals surface area contributed by atoms with E-state index >= 15 is 0 Å². The molecule has 1 aromatic carbocycles. The monoisotopic (exact) mass is 390 g/mol. The number of carbonyl (C=O) groups is 3. The van der Waals surface area contributed by atoms with Crippen LogP contribution < -0.4 is 5.32 Å². The van der Waals surface area contributed by atoms with E-state index in [1.807, 2.05) is 13.8 Å². The SMILES string of the molecule is Cc1cc(C(=O)COC(=O)CCNC(=O)c2ccc([N+](=O)[O-])cc2)c(C)s1. The van der Waals surface area contributed by atoms with Crippen molar-refractivity contribution in [2.75, 3.05) is 13.2 Å². The van der Waals surface area contributed by atoms with E-state index in [1.54, 1.807) is 6.07 Å². The largest absolute Gasteiger partial charge is 0.457 e. The number of non-ortho nitro benzene ring substituents is 1. The number of ether oxygens (including phenoxy) is 1. The highest BCUT2D eigenvalue weighted by atomic mass is 32.1. The Labute approximate surface area is 159 Å². The average Bonchev–Trinajstić information content (AvgIpc) is 2.98. The van der Waals surface area contributed by atoms with E-state index in [9.17, 15) is 24.5 Å². The fraction of sp³-hybridized carbons (Fsp3) is 0.278. The molecule has 1 aromatic heterocycles. The number of rotatable bonds is 8. The molecule has 0 atom stereocenters. The van der Waals surface area contributed by atoms with Gasteiger partial charge in [0.15, 0.2) is 6.61 Å². The van der Waals surface area contributed by atoms with E-state index in [4.69, 9.17) is 4.74 Å². The third-order valence-corrected chi connectivity index (χ3v) is 4.63. The molecule has 0 radical (unpaired) electrons. The van der Waals surface area contributed by atoms with Gasteiger partial charge in [-0.1, -0.05) is 0 Å². The lowest BCUT2D eigenvalue weighted by atomic mass is 10.2. The van der Waals surface area contributed by atoms with Crippen molar-refractivity contribution in [1.29, 1.82) is 0 Å². The van der Waals surface area contributed by atoms with Crippen LogP contribution in [-0.4, -0.2) is 35.7 Å². The molecule has 1 heterocycles. The summed E-state index contributed by atoms with van der Waals surface area (Å²) < 4.78 is 4.94. The zero-order chi connectivity index (χ0) is 20.0. The molecule has 0 unspecified atom stereocenters. The van der Waals surface area contributed by atoms with Crippen LogP contribution in [0, 0.1) is 24.0 Å². The van der Waals surface area contributed by atoms with Gasteiger partial charge in [0.2, 0.25) is 5.78 Å². The number of nitro benzene ring substituents is 1. The molecule has 8 nitrogen and oxygen atoms in total. The first-order chi connectivity index (χ1) is 12.8. The Morgan fingerprint density at radius 1 is 1.19 bits per heavy atom. The number of amides is 1. The lowest BCUT2D eigenvalue weighted by Crippen LogP contribution is -2.27. The number of hydrogen-bond acceptors (Lipinski definition) is 7. The maximum absolute atomic E-state index is 12.0. The summed E-state index contributed by atoms with van der Waals surface area (Å²) in [5, 5.41) is 13.1. The molecule has 1 amide bonds. The zero-order valence-corrected chi connectivity index (χ0v) is 15.6. The highest BCUT2D eigenvalue weighted by Gasteiger charge is 2.15. The second-order valence-electron chi connectivity index (χ2n) is 5.72. The number of esters is 1. The molecule has 27 heavy (non-hydrogen) atoms. The highest BCUT2D eigenvalue weighted by molar-refractivity contribution is 7.12. The van der Waals surface area contributed by atoms with Crippen molar-refractivity contribution < 1.29 is 24.0 Å². The van der Waals surface area contributed by atoms with Crippen LogP contribution in [0.2, 0.25) is 0 Å². The number of nitrogens with zero attached hydrogens (tertiary/aromatic N) is 1. The van der Waals surface area contributed by atoms with Gasteiger partial charge >= 0.3 is 5.97 Å². The Kier molecular flexibility index (Phi) is 6.78. The number of nitrogens with one attached hydrogen (secondary N) is 1. The fourth-order valence-electron chi connectivity index (χ4n) is 2.32. The normalized spacial score (nSPS) is 10.3. The van der Waals surface area contributed by atoms with Crippen LogP contribution >= 0.6 is 11.3 Å². The molecule has 2 rings (SSSR count). The third-order valence-electron chi connectivity index (χ3n) is 3.66. The predicted octanol–water partition coefficient (Wildman–Crippen LogP) is 2.82. The topological polar surface area (TPSA) is 116 Å². The Balaban J connectivity index is 1.74. The van der Waals surface area contributed by atoms with Crippen molar-refractivity contribution in [3.8, 4) is 0 Å². The van der Waals surface area contributed by atoms with Crippen LogP contribution in [0.1, 0.15) is 36.9 Å². The van der Waals surface area contributed by atoms with E-state index in [0.717, 1.165) is 9.75 Å². The minimum Gasteiger partial charge on any atom is -0.457 e. The predicted molar refractivity (Wildman–Crippen MR) is 99.1 cm³/mol.